The standard InChI is InChI=1S/C2H2Cl2O.C2HF3O2/c3-1-2(4)5;3-2(4,5)1(6)7/h1H2;(H,6,7). The van der Waals surface area contributed by atoms with Crippen LogP contribution in [0.15, 0.2) is 0 Å². The van der Waals surface area contributed by atoms with Crippen LogP contribution in [0.4, 0.5) is 13.2 Å². The van der Waals surface area contributed by atoms with Gasteiger partial charge >= 0.3 is 12.1 Å². The van der Waals surface area contributed by atoms with Crippen molar-refractivity contribution in [2.75, 3.05) is 5.88 Å². The molecule has 12 heavy (non-hydrogen) atoms. The fourth-order valence-corrected chi connectivity index (χ4v) is 0. The van der Waals surface area contributed by atoms with Crippen molar-refractivity contribution >= 4 is 34.4 Å². The van der Waals surface area contributed by atoms with Gasteiger partial charge in [0.05, 0.1) is 5.88 Å². The zero-order valence-electron chi connectivity index (χ0n) is 5.36. The molecule has 0 rings (SSSR count). The van der Waals surface area contributed by atoms with Gasteiger partial charge in [-0.05, 0) is 11.6 Å². The van der Waals surface area contributed by atoms with E-state index in [1.165, 1.54) is 0 Å². The summed E-state index contributed by atoms with van der Waals surface area (Å²) >= 11 is 9.55. The maximum atomic E-state index is 10.6. The van der Waals surface area contributed by atoms with Crippen molar-refractivity contribution in [3.63, 3.8) is 0 Å². The maximum Gasteiger partial charge on any atom is 0.490 e. The van der Waals surface area contributed by atoms with Crippen LogP contribution in [0.1, 0.15) is 0 Å². The van der Waals surface area contributed by atoms with E-state index in [9.17, 15) is 18.0 Å². The van der Waals surface area contributed by atoms with E-state index in [0.29, 0.717) is 0 Å². The van der Waals surface area contributed by atoms with E-state index in [1.54, 1.807) is 0 Å². The van der Waals surface area contributed by atoms with Crippen LogP contribution in [-0.2, 0) is 9.59 Å². The van der Waals surface area contributed by atoms with Crippen molar-refractivity contribution in [3.05, 3.63) is 0 Å². The van der Waals surface area contributed by atoms with Crippen molar-refractivity contribution in [1.82, 2.24) is 0 Å². The third kappa shape index (κ3) is 12.2. The molecule has 1 N–H and O–H groups in total. The summed E-state index contributed by atoms with van der Waals surface area (Å²) in [6, 6.07) is 0. The summed E-state index contributed by atoms with van der Waals surface area (Å²) in [5, 5.41) is 6.62. The van der Waals surface area contributed by atoms with Gasteiger partial charge in [0.25, 0.3) is 0 Å². The summed E-state index contributed by atoms with van der Waals surface area (Å²) in [5.74, 6) is -2.85. The molecule has 0 fully saturated rings. The number of halogens is 5. The van der Waals surface area contributed by atoms with E-state index < -0.39 is 17.4 Å². The lowest BCUT2D eigenvalue weighted by molar-refractivity contribution is -0.192. The third-order valence-corrected chi connectivity index (χ3v) is 0.861. The molecular formula is C4H3Cl2F3O3. The molecule has 0 aliphatic heterocycles. The third-order valence-electron chi connectivity index (χ3n) is 0.348. The Labute approximate surface area is 75.1 Å². The number of carboxylic acids is 1. The number of hydrogen-bond donors (Lipinski definition) is 1. The van der Waals surface area contributed by atoms with Crippen LogP contribution in [0.3, 0.4) is 0 Å². The monoisotopic (exact) mass is 226 g/mol. The molecule has 0 heterocycles. The van der Waals surface area contributed by atoms with Crippen molar-refractivity contribution in [1.29, 1.82) is 0 Å². The molecule has 0 bridgehead atoms. The number of alkyl halides is 4. The minimum Gasteiger partial charge on any atom is -0.475 e. The Hall–Kier alpha value is -0.490. The molecule has 0 atom stereocenters. The Bertz CT molecular complexity index is 167. The van der Waals surface area contributed by atoms with Gasteiger partial charge in [-0.15, -0.1) is 11.6 Å². The fourth-order valence-electron chi connectivity index (χ4n) is 0. The Kier molecular flexibility index (Phi) is 7.12. The molecule has 0 aromatic heterocycles. The quantitative estimate of drug-likeness (QED) is 0.547. The van der Waals surface area contributed by atoms with Gasteiger partial charge in [-0.1, -0.05) is 0 Å². The summed E-state index contributed by atoms with van der Waals surface area (Å²) in [6.07, 6.45) is -5.08. The second-order valence-electron chi connectivity index (χ2n) is 1.29. The number of hydrogen-bond acceptors (Lipinski definition) is 2. The molecule has 0 spiro atoms. The normalized spacial score (nSPS) is 9.75. The summed E-state index contributed by atoms with van der Waals surface area (Å²) in [6.45, 7) is 0. The van der Waals surface area contributed by atoms with Gasteiger partial charge in [-0.25, -0.2) is 4.79 Å². The molecule has 72 valence electrons. The van der Waals surface area contributed by atoms with E-state index in [4.69, 9.17) is 33.1 Å². The Morgan fingerprint density at radius 2 is 1.50 bits per heavy atom. The Morgan fingerprint density at radius 1 is 1.33 bits per heavy atom. The van der Waals surface area contributed by atoms with Gasteiger partial charge in [-0.3, -0.25) is 4.79 Å². The van der Waals surface area contributed by atoms with Gasteiger partial charge in [0.15, 0.2) is 0 Å². The number of aliphatic carboxylic acids is 1. The molecule has 0 aromatic carbocycles. The Balaban J connectivity index is 0. The first-order valence-corrected chi connectivity index (χ1v) is 3.17. The van der Waals surface area contributed by atoms with Crippen molar-refractivity contribution in [2.24, 2.45) is 0 Å². The number of carboxylic acid groups (broad SMARTS) is 1. The molecule has 0 aromatic rings. The summed E-state index contributed by atoms with van der Waals surface area (Å²) < 4.78 is 31.7. The van der Waals surface area contributed by atoms with Crippen molar-refractivity contribution in [3.8, 4) is 0 Å². The highest BCUT2D eigenvalue weighted by Crippen LogP contribution is 2.13. The number of rotatable bonds is 1. The molecule has 0 radical (unpaired) electrons. The van der Waals surface area contributed by atoms with Crippen molar-refractivity contribution < 1.29 is 27.9 Å². The predicted molar refractivity (Wildman–Crippen MR) is 35.3 cm³/mol. The van der Waals surface area contributed by atoms with Crippen molar-refractivity contribution in [2.45, 2.75) is 6.18 Å². The lowest BCUT2D eigenvalue weighted by Gasteiger charge is -1.93. The number of carbonyl (C=O) groups excluding carboxylic acids is 1. The molecule has 0 aliphatic rings. The highest BCUT2D eigenvalue weighted by atomic mass is 35.5. The van der Waals surface area contributed by atoms with Gasteiger partial charge in [0.1, 0.15) is 0 Å². The van der Waals surface area contributed by atoms with E-state index in [2.05, 4.69) is 0 Å². The highest BCUT2D eigenvalue weighted by Gasteiger charge is 2.38. The second kappa shape index (κ2) is 6.07. The topological polar surface area (TPSA) is 54.4 Å². The summed E-state index contributed by atoms with van der Waals surface area (Å²) in [4.78, 5) is 18.3. The molecule has 0 saturated heterocycles. The van der Waals surface area contributed by atoms with Gasteiger partial charge in [0, 0.05) is 0 Å². The zero-order valence-corrected chi connectivity index (χ0v) is 6.87. The fraction of sp³-hybridized carbons (Fsp3) is 0.500. The predicted octanol–water partition coefficient (Wildman–Crippen LogP) is 1.62. The first kappa shape index (κ1) is 14.1. The SMILES string of the molecule is O=C(Cl)CCl.O=C(O)C(F)(F)F. The first-order valence-electron chi connectivity index (χ1n) is 2.26. The number of carbonyl (C=O) groups is 2. The van der Waals surface area contributed by atoms with Crippen LogP contribution in [0, 0.1) is 0 Å². The lowest BCUT2D eigenvalue weighted by atomic mass is 10.7. The average molecular weight is 227 g/mol. The lowest BCUT2D eigenvalue weighted by Crippen LogP contribution is -2.21. The van der Waals surface area contributed by atoms with Crippen LogP contribution in [-0.4, -0.2) is 28.4 Å². The van der Waals surface area contributed by atoms with E-state index >= 15 is 0 Å². The van der Waals surface area contributed by atoms with Crippen LogP contribution in [0.25, 0.3) is 0 Å². The smallest absolute Gasteiger partial charge is 0.475 e. The maximum absolute atomic E-state index is 10.6. The molecule has 0 saturated carbocycles. The zero-order chi connectivity index (χ0) is 10.4. The molecular weight excluding hydrogens is 224 g/mol. The highest BCUT2D eigenvalue weighted by molar-refractivity contribution is 6.67. The largest absolute Gasteiger partial charge is 0.490 e. The molecule has 0 amide bonds. The molecule has 8 heteroatoms. The van der Waals surface area contributed by atoms with Crippen LogP contribution >= 0.6 is 23.2 Å². The molecule has 3 nitrogen and oxygen atoms in total. The van der Waals surface area contributed by atoms with Gasteiger partial charge in [-0.2, -0.15) is 13.2 Å². The minimum atomic E-state index is -5.08. The van der Waals surface area contributed by atoms with E-state index in [-0.39, 0.29) is 5.88 Å². The second-order valence-corrected chi connectivity index (χ2v) is 1.98. The van der Waals surface area contributed by atoms with Gasteiger partial charge in [0.2, 0.25) is 5.24 Å². The van der Waals surface area contributed by atoms with Gasteiger partial charge < -0.3 is 5.11 Å². The van der Waals surface area contributed by atoms with Crippen LogP contribution in [0.2, 0.25) is 0 Å². The van der Waals surface area contributed by atoms with Crippen LogP contribution in [0.5, 0.6) is 0 Å². The average Bonchev–Trinajstić information content (AvgIpc) is 1.87. The van der Waals surface area contributed by atoms with E-state index in [1.807, 2.05) is 0 Å². The Morgan fingerprint density at radius 3 is 1.50 bits per heavy atom. The first-order chi connectivity index (χ1) is 5.21. The minimum absolute atomic E-state index is 0.0957. The summed E-state index contributed by atoms with van der Waals surface area (Å²) in [7, 11) is 0. The van der Waals surface area contributed by atoms with E-state index in [0.717, 1.165) is 0 Å². The molecule has 0 unspecified atom stereocenters. The van der Waals surface area contributed by atoms with Crippen LogP contribution < -0.4 is 0 Å². The summed E-state index contributed by atoms with van der Waals surface area (Å²) in [5.41, 5.74) is 0. The molecule has 0 aliphatic carbocycles.